The van der Waals surface area contributed by atoms with Crippen molar-refractivity contribution in [1.29, 1.82) is 0 Å². The van der Waals surface area contributed by atoms with Gasteiger partial charge >= 0.3 is 6.18 Å². The van der Waals surface area contributed by atoms with Gasteiger partial charge in [0.05, 0.1) is 16.9 Å². The van der Waals surface area contributed by atoms with Crippen LogP contribution in [-0.4, -0.2) is 20.5 Å². The summed E-state index contributed by atoms with van der Waals surface area (Å²) >= 11 is 1.39. The number of nitrogens with two attached hydrogens (primary N) is 1. The van der Waals surface area contributed by atoms with Gasteiger partial charge < -0.3 is 16.4 Å². The number of amides is 1. The highest BCUT2D eigenvalue weighted by Crippen LogP contribution is 2.29. The van der Waals surface area contributed by atoms with Gasteiger partial charge in [0.15, 0.2) is 5.82 Å². The molecule has 2 heterocycles. The van der Waals surface area contributed by atoms with Crippen molar-refractivity contribution in [2.45, 2.75) is 23.6 Å². The second kappa shape index (κ2) is 11.3. The maximum absolute atomic E-state index is 13.2. The van der Waals surface area contributed by atoms with Crippen molar-refractivity contribution in [1.82, 2.24) is 14.6 Å². The third-order valence-electron chi connectivity index (χ3n) is 5.96. The number of hydrogen-bond donors (Lipinski definition) is 3. The summed E-state index contributed by atoms with van der Waals surface area (Å²) in [6.07, 6.45) is -2.60. The van der Waals surface area contributed by atoms with E-state index in [-0.39, 0.29) is 18.1 Å². The number of nitrogens with one attached hydrogen (secondary N) is 2. The number of alkyl halides is 3. The molecule has 7 nitrogen and oxygen atoms in total. The van der Waals surface area contributed by atoms with E-state index < -0.39 is 17.6 Å². The molecule has 0 aliphatic rings. The number of anilines is 3. The predicted molar refractivity (Wildman–Crippen MR) is 147 cm³/mol. The molecule has 4 N–H and O–H groups in total. The molecule has 2 aromatic heterocycles. The first-order valence-electron chi connectivity index (χ1n) is 12.0. The van der Waals surface area contributed by atoms with Crippen molar-refractivity contribution in [2.75, 3.05) is 16.4 Å². The molecule has 204 valence electrons. The standard InChI is InChI=1S/C28H22F4N6OS/c29-21-11-12-23(22(33)14-21)35-26(39)19-7-3-18(4-8-19)16-40-27-36-25(24-2-1-13-38(24)37-27)34-15-17-5-9-20(10-6-17)28(30,31)32/h1-14H,15-16,33H2,(H,35,39)(H,34,36,37). The van der Waals surface area contributed by atoms with Crippen LogP contribution in [0.5, 0.6) is 0 Å². The quantitative estimate of drug-likeness (QED) is 0.111. The van der Waals surface area contributed by atoms with Gasteiger partial charge in [0, 0.05) is 24.1 Å². The van der Waals surface area contributed by atoms with Crippen molar-refractivity contribution >= 4 is 40.4 Å². The first kappa shape index (κ1) is 27.0. The third-order valence-corrected chi connectivity index (χ3v) is 6.87. The fourth-order valence-electron chi connectivity index (χ4n) is 3.85. The molecule has 0 fully saturated rings. The van der Waals surface area contributed by atoms with Crippen molar-refractivity contribution in [3.63, 3.8) is 0 Å². The van der Waals surface area contributed by atoms with Crippen molar-refractivity contribution in [2.24, 2.45) is 0 Å². The zero-order valence-electron chi connectivity index (χ0n) is 20.7. The Bertz CT molecular complexity index is 1650. The van der Waals surface area contributed by atoms with Crippen molar-refractivity contribution in [3.05, 3.63) is 113 Å². The number of nitrogen functional groups attached to an aromatic ring is 1. The molecule has 0 radical (unpaired) electrons. The van der Waals surface area contributed by atoms with E-state index in [1.54, 1.807) is 22.8 Å². The number of benzene rings is 3. The Morgan fingerprint density at radius 1 is 0.975 bits per heavy atom. The van der Waals surface area contributed by atoms with Gasteiger partial charge in [0.2, 0.25) is 5.16 Å². The van der Waals surface area contributed by atoms with Crippen LogP contribution in [0.3, 0.4) is 0 Å². The molecule has 1 amide bonds. The summed E-state index contributed by atoms with van der Waals surface area (Å²) in [6, 6.07) is 19.4. The maximum atomic E-state index is 13.2. The van der Waals surface area contributed by atoms with Gasteiger partial charge in [-0.3, -0.25) is 4.79 Å². The molecule has 12 heteroatoms. The highest BCUT2D eigenvalue weighted by molar-refractivity contribution is 7.98. The predicted octanol–water partition coefficient (Wildman–Crippen LogP) is 6.63. The van der Waals surface area contributed by atoms with E-state index in [2.05, 4.69) is 20.7 Å². The summed E-state index contributed by atoms with van der Waals surface area (Å²) in [5.74, 6) is 0.217. The van der Waals surface area contributed by atoms with Crippen LogP contribution >= 0.6 is 11.8 Å². The number of carbonyl (C=O) groups is 1. The summed E-state index contributed by atoms with van der Waals surface area (Å²) in [5, 5.41) is 10.9. The highest BCUT2D eigenvalue weighted by Gasteiger charge is 2.29. The summed E-state index contributed by atoms with van der Waals surface area (Å²) in [6.45, 7) is 0.285. The van der Waals surface area contributed by atoms with Gasteiger partial charge in [0.25, 0.3) is 5.91 Å². The minimum atomic E-state index is -4.38. The van der Waals surface area contributed by atoms with E-state index in [0.717, 1.165) is 29.3 Å². The number of rotatable bonds is 8. The van der Waals surface area contributed by atoms with Gasteiger partial charge in [-0.25, -0.2) is 13.9 Å². The molecule has 0 saturated heterocycles. The summed E-state index contributed by atoms with van der Waals surface area (Å²) in [5.41, 5.74) is 8.27. The van der Waals surface area contributed by atoms with Crippen LogP contribution < -0.4 is 16.4 Å². The molecule has 0 spiro atoms. The molecule has 0 unspecified atom stereocenters. The third kappa shape index (κ3) is 6.34. The summed E-state index contributed by atoms with van der Waals surface area (Å²) < 4.78 is 53.4. The minimum Gasteiger partial charge on any atom is -0.397 e. The molecule has 5 rings (SSSR count). The number of aromatic nitrogens is 3. The SMILES string of the molecule is Nc1cc(F)ccc1NC(=O)c1ccc(CSc2nc(NCc3ccc(C(F)(F)F)cc3)c3cccn3n2)cc1. The molecule has 3 aromatic carbocycles. The lowest BCUT2D eigenvalue weighted by Crippen LogP contribution is -2.13. The minimum absolute atomic E-state index is 0.134. The van der Waals surface area contributed by atoms with Crippen molar-refractivity contribution in [3.8, 4) is 0 Å². The fraction of sp³-hybridized carbons (Fsp3) is 0.107. The number of hydrogen-bond acceptors (Lipinski definition) is 6. The first-order chi connectivity index (χ1) is 19.2. The van der Waals surface area contributed by atoms with Gasteiger partial charge in [-0.05, 0) is 65.7 Å². The molecule has 0 atom stereocenters. The van der Waals surface area contributed by atoms with Crippen LogP contribution in [0.1, 0.15) is 27.0 Å². The highest BCUT2D eigenvalue weighted by atomic mass is 32.2. The Hall–Kier alpha value is -4.58. The molecular formula is C28H22F4N6OS. The number of fused-ring (bicyclic) bond motifs is 1. The number of carbonyl (C=O) groups excluding carboxylic acids is 1. The Kier molecular flexibility index (Phi) is 7.60. The smallest absolute Gasteiger partial charge is 0.397 e. The van der Waals surface area contributed by atoms with Crippen LogP contribution in [0.25, 0.3) is 5.52 Å². The molecule has 5 aromatic rings. The first-order valence-corrected chi connectivity index (χ1v) is 13.0. The van der Waals surface area contributed by atoms with Gasteiger partial charge in [-0.1, -0.05) is 36.0 Å². The normalized spacial score (nSPS) is 11.5. The van der Waals surface area contributed by atoms with E-state index in [4.69, 9.17) is 5.73 Å². The second-order valence-corrected chi connectivity index (χ2v) is 9.74. The molecule has 0 aliphatic heterocycles. The van der Waals surface area contributed by atoms with E-state index in [9.17, 15) is 22.4 Å². The second-order valence-electron chi connectivity index (χ2n) is 8.80. The Morgan fingerprint density at radius 3 is 2.40 bits per heavy atom. The Labute approximate surface area is 230 Å². The maximum Gasteiger partial charge on any atom is 0.416 e. The molecule has 40 heavy (non-hydrogen) atoms. The zero-order chi connectivity index (χ0) is 28.3. The lowest BCUT2D eigenvalue weighted by atomic mass is 10.1. The molecular weight excluding hydrogens is 544 g/mol. The molecule has 0 aliphatic carbocycles. The van der Waals surface area contributed by atoms with Crippen LogP contribution in [0, 0.1) is 5.82 Å². The van der Waals surface area contributed by atoms with Crippen molar-refractivity contribution < 1.29 is 22.4 Å². The van der Waals surface area contributed by atoms with Gasteiger partial charge in [-0.15, -0.1) is 5.10 Å². The van der Waals surface area contributed by atoms with Gasteiger partial charge in [-0.2, -0.15) is 13.2 Å². The Morgan fingerprint density at radius 2 is 1.70 bits per heavy atom. The average Bonchev–Trinajstić information content (AvgIpc) is 3.41. The van der Waals surface area contributed by atoms with Crippen LogP contribution in [0.4, 0.5) is 34.8 Å². The number of halogens is 4. The summed E-state index contributed by atoms with van der Waals surface area (Å²) in [7, 11) is 0. The Balaban J connectivity index is 1.23. The number of nitrogens with zero attached hydrogens (tertiary/aromatic N) is 3. The van der Waals surface area contributed by atoms with Crippen LogP contribution in [0.15, 0.2) is 90.2 Å². The van der Waals surface area contributed by atoms with Crippen LogP contribution in [-0.2, 0) is 18.5 Å². The largest absolute Gasteiger partial charge is 0.416 e. The van der Waals surface area contributed by atoms with E-state index in [1.807, 2.05) is 24.3 Å². The lowest BCUT2D eigenvalue weighted by molar-refractivity contribution is -0.137. The molecule has 0 bridgehead atoms. The van der Waals surface area contributed by atoms with Gasteiger partial charge in [0.1, 0.15) is 11.3 Å². The lowest BCUT2D eigenvalue weighted by Gasteiger charge is -2.11. The van der Waals surface area contributed by atoms with E-state index >= 15 is 0 Å². The number of thioether (sulfide) groups is 1. The average molecular weight is 567 g/mol. The fourth-order valence-corrected chi connectivity index (χ4v) is 4.63. The molecule has 0 saturated carbocycles. The zero-order valence-corrected chi connectivity index (χ0v) is 21.6. The monoisotopic (exact) mass is 566 g/mol. The van der Waals surface area contributed by atoms with Crippen LogP contribution in [0.2, 0.25) is 0 Å². The topological polar surface area (TPSA) is 97.3 Å². The van der Waals surface area contributed by atoms with E-state index in [0.29, 0.717) is 33.5 Å². The summed E-state index contributed by atoms with van der Waals surface area (Å²) in [4.78, 5) is 17.2. The van der Waals surface area contributed by atoms with E-state index in [1.165, 1.54) is 36.0 Å².